The molecule has 0 N–H and O–H groups in total. The van der Waals surface area contributed by atoms with E-state index in [4.69, 9.17) is 14.2 Å². The number of hydrogen-bond acceptors (Lipinski definition) is 8. The van der Waals surface area contributed by atoms with Crippen molar-refractivity contribution in [3.05, 3.63) is 79.1 Å². The molecule has 0 aliphatic carbocycles. The summed E-state index contributed by atoms with van der Waals surface area (Å²) in [5.41, 5.74) is 1.44. The van der Waals surface area contributed by atoms with E-state index < -0.39 is 11.9 Å². The second kappa shape index (κ2) is 13.8. The van der Waals surface area contributed by atoms with E-state index in [1.54, 1.807) is 42.5 Å². The van der Waals surface area contributed by atoms with Gasteiger partial charge in [0.05, 0.1) is 19.3 Å². The van der Waals surface area contributed by atoms with Crippen molar-refractivity contribution in [2.24, 2.45) is 0 Å². The lowest BCUT2D eigenvalue weighted by Gasteiger charge is -2.12. The maximum Gasteiger partial charge on any atom is 0.330 e. The van der Waals surface area contributed by atoms with Gasteiger partial charge in [-0.1, -0.05) is 20.1 Å². The molecule has 0 spiro atoms. The SMILES string of the molecule is C=COC(=O)CCOc1ccc(SC(=O)c2ccc(OCCOC(=O)C=C)c(CC)c2)cc1. The van der Waals surface area contributed by atoms with E-state index in [2.05, 4.69) is 17.9 Å². The Morgan fingerprint density at radius 2 is 1.73 bits per heavy atom. The van der Waals surface area contributed by atoms with Gasteiger partial charge in [-0.2, -0.15) is 0 Å². The first-order chi connectivity index (χ1) is 16.0. The van der Waals surface area contributed by atoms with Crippen molar-refractivity contribution >= 4 is 28.8 Å². The lowest BCUT2D eigenvalue weighted by molar-refractivity contribution is -0.139. The molecule has 0 aliphatic rings. The number of carbonyl (C=O) groups is 3. The van der Waals surface area contributed by atoms with Gasteiger partial charge in [-0.15, -0.1) is 0 Å². The first-order valence-corrected chi connectivity index (χ1v) is 11.1. The van der Waals surface area contributed by atoms with E-state index in [0.717, 1.165) is 34.6 Å². The van der Waals surface area contributed by atoms with Crippen LogP contribution in [0.5, 0.6) is 11.5 Å². The Labute approximate surface area is 197 Å². The van der Waals surface area contributed by atoms with Gasteiger partial charge < -0.3 is 18.9 Å². The van der Waals surface area contributed by atoms with Crippen LogP contribution >= 0.6 is 11.8 Å². The topological polar surface area (TPSA) is 88.1 Å². The Kier molecular flexibility index (Phi) is 10.8. The molecule has 2 aromatic carbocycles. The molecular weight excluding hydrogens is 444 g/mol. The van der Waals surface area contributed by atoms with Crippen LogP contribution in [0.25, 0.3) is 0 Å². The average molecular weight is 471 g/mol. The fraction of sp³-hybridized carbons (Fsp3) is 0.240. The average Bonchev–Trinajstić information content (AvgIpc) is 2.82. The Morgan fingerprint density at radius 3 is 2.39 bits per heavy atom. The molecule has 2 rings (SSSR count). The van der Waals surface area contributed by atoms with Crippen molar-refractivity contribution in [1.29, 1.82) is 0 Å². The van der Waals surface area contributed by atoms with Gasteiger partial charge in [0.2, 0.25) is 5.12 Å². The molecule has 0 aromatic heterocycles. The molecule has 0 aliphatic heterocycles. The quantitative estimate of drug-likeness (QED) is 0.136. The zero-order valence-electron chi connectivity index (χ0n) is 18.4. The van der Waals surface area contributed by atoms with Crippen LogP contribution in [0.3, 0.4) is 0 Å². The van der Waals surface area contributed by atoms with Gasteiger partial charge >= 0.3 is 11.9 Å². The first-order valence-electron chi connectivity index (χ1n) is 10.3. The summed E-state index contributed by atoms with van der Waals surface area (Å²) in [7, 11) is 0. The monoisotopic (exact) mass is 470 g/mol. The number of rotatable bonds is 13. The summed E-state index contributed by atoms with van der Waals surface area (Å²) < 4.78 is 20.7. The number of benzene rings is 2. The summed E-state index contributed by atoms with van der Waals surface area (Å²) in [5.74, 6) is 0.320. The maximum absolute atomic E-state index is 12.7. The number of thioether (sulfide) groups is 1. The first kappa shape index (κ1) is 25.7. The highest BCUT2D eigenvalue weighted by Crippen LogP contribution is 2.28. The van der Waals surface area contributed by atoms with Crippen LogP contribution in [0, 0.1) is 0 Å². The Bertz CT molecular complexity index is 983. The third-order valence-corrected chi connectivity index (χ3v) is 5.18. The molecule has 0 unspecified atom stereocenters. The summed E-state index contributed by atoms with van der Waals surface area (Å²) in [6.45, 7) is 9.13. The van der Waals surface area contributed by atoms with E-state index in [1.807, 2.05) is 6.92 Å². The molecule has 0 saturated carbocycles. The van der Waals surface area contributed by atoms with Crippen LogP contribution in [-0.4, -0.2) is 36.9 Å². The number of esters is 2. The summed E-state index contributed by atoms with van der Waals surface area (Å²) >= 11 is 1.11. The second-order valence-electron chi connectivity index (χ2n) is 6.51. The van der Waals surface area contributed by atoms with E-state index in [1.165, 1.54) is 0 Å². The van der Waals surface area contributed by atoms with E-state index in [9.17, 15) is 14.4 Å². The van der Waals surface area contributed by atoms with Gasteiger partial charge in [-0.3, -0.25) is 9.59 Å². The van der Waals surface area contributed by atoms with Crippen LogP contribution in [0.2, 0.25) is 0 Å². The Hall–Kier alpha value is -3.52. The van der Waals surface area contributed by atoms with E-state index in [-0.39, 0.29) is 31.4 Å². The third-order valence-electron chi connectivity index (χ3n) is 4.25. The Balaban J connectivity index is 1.89. The maximum atomic E-state index is 12.7. The van der Waals surface area contributed by atoms with Crippen LogP contribution in [0.4, 0.5) is 0 Å². The molecule has 0 amide bonds. The van der Waals surface area contributed by atoms with E-state index in [0.29, 0.717) is 23.5 Å². The standard InChI is InChI=1S/C25H26O7S/c1-4-18-17-19(7-12-22(18)31-15-16-32-23(26)5-2)25(28)33-21-10-8-20(9-11-21)30-14-13-24(27)29-6-3/h5-12,17H,2-4,13-16H2,1H3. The number of hydrogen-bond donors (Lipinski definition) is 0. The summed E-state index contributed by atoms with van der Waals surface area (Å²) in [4.78, 5) is 35.8. The molecule has 0 atom stereocenters. The van der Waals surface area contributed by atoms with Gasteiger partial charge in [0.15, 0.2) is 0 Å². The van der Waals surface area contributed by atoms with Crippen LogP contribution in [0.1, 0.15) is 29.3 Å². The molecule has 0 bridgehead atoms. The number of aryl methyl sites for hydroxylation is 1. The predicted octanol–water partition coefficient (Wildman–Crippen LogP) is 4.75. The highest BCUT2D eigenvalue weighted by Gasteiger charge is 2.12. The van der Waals surface area contributed by atoms with Gasteiger partial charge in [0, 0.05) is 16.5 Å². The van der Waals surface area contributed by atoms with Crippen LogP contribution in [-0.2, 0) is 25.5 Å². The minimum atomic E-state index is -0.500. The van der Waals surface area contributed by atoms with Gasteiger partial charge in [-0.25, -0.2) is 4.79 Å². The predicted molar refractivity (Wildman–Crippen MR) is 126 cm³/mol. The zero-order valence-corrected chi connectivity index (χ0v) is 19.2. The van der Waals surface area contributed by atoms with Crippen molar-refractivity contribution in [2.45, 2.75) is 24.7 Å². The van der Waals surface area contributed by atoms with Crippen molar-refractivity contribution in [3.8, 4) is 11.5 Å². The summed E-state index contributed by atoms with van der Waals surface area (Å²) in [5, 5.41) is -0.1000. The fourth-order valence-corrected chi connectivity index (χ4v) is 3.38. The zero-order chi connectivity index (χ0) is 24.1. The molecule has 0 radical (unpaired) electrons. The lowest BCUT2D eigenvalue weighted by Crippen LogP contribution is -2.11. The highest BCUT2D eigenvalue weighted by molar-refractivity contribution is 8.14. The van der Waals surface area contributed by atoms with Crippen LogP contribution < -0.4 is 9.47 Å². The largest absolute Gasteiger partial charge is 0.493 e. The molecular formula is C25H26O7S. The molecule has 0 fully saturated rings. The van der Waals surface area contributed by atoms with Crippen LogP contribution in [0.15, 0.2) is 72.9 Å². The normalized spacial score (nSPS) is 10.1. The highest BCUT2D eigenvalue weighted by atomic mass is 32.2. The molecule has 8 heteroatoms. The molecule has 0 saturated heterocycles. The smallest absolute Gasteiger partial charge is 0.330 e. The Morgan fingerprint density at radius 1 is 0.970 bits per heavy atom. The minimum Gasteiger partial charge on any atom is -0.493 e. The summed E-state index contributed by atoms with van der Waals surface area (Å²) in [6.07, 6.45) is 2.97. The van der Waals surface area contributed by atoms with Gasteiger partial charge in [-0.05, 0) is 66.2 Å². The lowest BCUT2D eigenvalue weighted by atomic mass is 10.1. The molecule has 7 nitrogen and oxygen atoms in total. The van der Waals surface area contributed by atoms with Gasteiger partial charge in [0.25, 0.3) is 0 Å². The van der Waals surface area contributed by atoms with Crippen molar-refractivity contribution in [2.75, 3.05) is 19.8 Å². The third kappa shape index (κ3) is 8.86. The number of ether oxygens (including phenoxy) is 4. The van der Waals surface area contributed by atoms with Crippen molar-refractivity contribution in [1.82, 2.24) is 0 Å². The number of carbonyl (C=O) groups excluding carboxylic acids is 3. The molecule has 2 aromatic rings. The van der Waals surface area contributed by atoms with Gasteiger partial charge in [0.1, 0.15) is 24.7 Å². The molecule has 33 heavy (non-hydrogen) atoms. The summed E-state index contributed by atoms with van der Waals surface area (Å²) in [6, 6.07) is 12.3. The second-order valence-corrected chi connectivity index (χ2v) is 7.56. The van der Waals surface area contributed by atoms with Crippen molar-refractivity contribution in [3.63, 3.8) is 0 Å². The molecule has 174 valence electrons. The fourth-order valence-electron chi connectivity index (χ4n) is 2.65. The van der Waals surface area contributed by atoms with E-state index >= 15 is 0 Å². The molecule has 0 heterocycles. The minimum absolute atomic E-state index is 0.1000. The van der Waals surface area contributed by atoms with Crippen molar-refractivity contribution < 1.29 is 33.3 Å².